The summed E-state index contributed by atoms with van der Waals surface area (Å²) in [7, 11) is 0. The maximum atomic E-state index is 12.1. The summed E-state index contributed by atoms with van der Waals surface area (Å²) in [5, 5.41) is 5.50. The third kappa shape index (κ3) is 4.27. The van der Waals surface area contributed by atoms with Crippen LogP contribution in [0.2, 0.25) is 0 Å². The second kappa shape index (κ2) is 7.82. The molecule has 1 aliphatic heterocycles. The molecule has 26 heavy (non-hydrogen) atoms. The standard InChI is InChI=1S/C20H20N2O4/c1-13-4-2-3-5-16(13)11-21-19(24)12-26-20(25)15-6-8-17-14(10-15)7-9-18(23)22-17/h2-6,8,10H,7,9,11-12H2,1H3,(H,21,24)(H,22,23). The molecule has 0 aliphatic carbocycles. The van der Waals surface area contributed by atoms with Crippen molar-refractivity contribution in [3.63, 3.8) is 0 Å². The van der Waals surface area contributed by atoms with E-state index in [9.17, 15) is 14.4 Å². The van der Waals surface area contributed by atoms with Crippen LogP contribution in [-0.2, 0) is 27.3 Å². The van der Waals surface area contributed by atoms with Crippen molar-refractivity contribution < 1.29 is 19.1 Å². The van der Waals surface area contributed by atoms with Crippen molar-refractivity contribution in [3.05, 3.63) is 64.7 Å². The first-order chi connectivity index (χ1) is 12.5. The number of hydrogen-bond donors (Lipinski definition) is 2. The minimum atomic E-state index is -0.559. The van der Waals surface area contributed by atoms with Crippen molar-refractivity contribution >= 4 is 23.5 Å². The largest absolute Gasteiger partial charge is 0.452 e. The normalized spacial score (nSPS) is 12.7. The number of aryl methyl sites for hydroxylation is 2. The van der Waals surface area contributed by atoms with Gasteiger partial charge in [0.1, 0.15) is 0 Å². The average Bonchev–Trinajstić information content (AvgIpc) is 2.65. The molecule has 2 N–H and O–H groups in total. The highest BCUT2D eigenvalue weighted by Crippen LogP contribution is 2.23. The molecule has 0 spiro atoms. The Morgan fingerprint density at radius 3 is 2.77 bits per heavy atom. The first kappa shape index (κ1) is 17.7. The Labute approximate surface area is 151 Å². The van der Waals surface area contributed by atoms with Crippen LogP contribution < -0.4 is 10.6 Å². The van der Waals surface area contributed by atoms with Gasteiger partial charge in [0.2, 0.25) is 5.91 Å². The first-order valence-corrected chi connectivity index (χ1v) is 8.44. The van der Waals surface area contributed by atoms with Gasteiger partial charge in [-0.25, -0.2) is 4.79 Å². The van der Waals surface area contributed by atoms with Gasteiger partial charge in [0, 0.05) is 18.7 Å². The maximum absolute atomic E-state index is 12.1. The molecule has 0 bridgehead atoms. The number of hydrogen-bond acceptors (Lipinski definition) is 4. The van der Waals surface area contributed by atoms with Crippen LogP contribution in [0.3, 0.4) is 0 Å². The fourth-order valence-electron chi connectivity index (χ4n) is 2.78. The van der Waals surface area contributed by atoms with Crippen molar-refractivity contribution in [1.29, 1.82) is 0 Å². The number of ether oxygens (including phenoxy) is 1. The quantitative estimate of drug-likeness (QED) is 0.809. The number of carbonyl (C=O) groups is 3. The molecule has 0 aromatic heterocycles. The molecule has 0 radical (unpaired) electrons. The van der Waals surface area contributed by atoms with E-state index in [0.717, 1.165) is 16.7 Å². The Morgan fingerprint density at radius 2 is 1.96 bits per heavy atom. The molecule has 0 fully saturated rings. The van der Waals surface area contributed by atoms with E-state index < -0.39 is 5.97 Å². The predicted molar refractivity (Wildman–Crippen MR) is 96.7 cm³/mol. The molecule has 6 heteroatoms. The second-order valence-corrected chi connectivity index (χ2v) is 6.20. The molecule has 1 aliphatic rings. The number of fused-ring (bicyclic) bond motifs is 1. The average molecular weight is 352 g/mol. The predicted octanol–water partition coefficient (Wildman–Crippen LogP) is 2.35. The minimum absolute atomic E-state index is 0.0295. The number of carbonyl (C=O) groups excluding carboxylic acids is 3. The summed E-state index contributed by atoms with van der Waals surface area (Å²) in [6, 6.07) is 12.7. The van der Waals surface area contributed by atoms with Gasteiger partial charge in [-0.15, -0.1) is 0 Å². The van der Waals surface area contributed by atoms with Crippen LogP contribution in [-0.4, -0.2) is 24.4 Å². The summed E-state index contributed by atoms with van der Waals surface area (Å²) in [4.78, 5) is 35.4. The Balaban J connectivity index is 1.51. The monoisotopic (exact) mass is 352 g/mol. The third-order valence-corrected chi connectivity index (χ3v) is 4.31. The van der Waals surface area contributed by atoms with Crippen LogP contribution in [0, 0.1) is 6.92 Å². The van der Waals surface area contributed by atoms with Crippen LogP contribution in [0.1, 0.15) is 33.5 Å². The van der Waals surface area contributed by atoms with E-state index in [1.165, 1.54) is 0 Å². The van der Waals surface area contributed by atoms with E-state index in [4.69, 9.17) is 4.74 Å². The van der Waals surface area contributed by atoms with Crippen LogP contribution in [0.5, 0.6) is 0 Å². The Bertz CT molecular complexity index is 861. The highest BCUT2D eigenvalue weighted by atomic mass is 16.5. The van der Waals surface area contributed by atoms with Gasteiger partial charge >= 0.3 is 5.97 Å². The van der Waals surface area contributed by atoms with Gasteiger partial charge < -0.3 is 15.4 Å². The highest BCUT2D eigenvalue weighted by molar-refractivity contribution is 5.96. The van der Waals surface area contributed by atoms with Crippen molar-refractivity contribution in [2.45, 2.75) is 26.3 Å². The minimum Gasteiger partial charge on any atom is -0.452 e. The van der Waals surface area contributed by atoms with Gasteiger partial charge in [-0.1, -0.05) is 24.3 Å². The summed E-state index contributed by atoms with van der Waals surface area (Å²) in [6.07, 6.45) is 0.978. The van der Waals surface area contributed by atoms with Gasteiger partial charge in [-0.05, 0) is 48.2 Å². The molecule has 3 rings (SSSR count). The van der Waals surface area contributed by atoms with Crippen LogP contribution in [0.4, 0.5) is 5.69 Å². The molecule has 134 valence electrons. The lowest BCUT2D eigenvalue weighted by Gasteiger charge is -2.17. The summed E-state index contributed by atoms with van der Waals surface area (Å²) in [5.41, 5.74) is 4.08. The van der Waals surface area contributed by atoms with E-state index in [0.29, 0.717) is 30.6 Å². The summed E-state index contributed by atoms with van der Waals surface area (Å²) in [6.45, 7) is 2.03. The number of rotatable bonds is 5. The number of amides is 2. The van der Waals surface area contributed by atoms with E-state index in [1.54, 1.807) is 18.2 Å². The Morgan fingerprint density at radius 1 is 1.15 bits per heavy atom. The maximum Gasteiger partial charge on any atom is 0.338 e. The lowest BCUT2D eigenvalue weighted by molar-refractivity contribution is -0.124. The molecule has 2 amide bonds. The van der Waals surface area contributed by atoms with Crippen LogP contribution in [0.25, 0.3) is 0 Å². The fraction of sp³-hybridized carbons (Fsp3) is 0.250. The van der Waals surface area contributed by atoms with E-state index in [1.807, 2.05) is 31.2 Å². The van der Waals surface area contributed by atoms with E-state index >= 15 is 0 Å². The molecule has 0 atom stereocenters. The smallest absolute Gasteiger partial charge is 0.338 e. The van der Waals surface area contributed by atoms with Crippen molar-refractivity contribution in [3.8, 4) is 0 Å². The van der Waals surface area contributed by atoms with Crippen molar-refractivity contribution in [2.75, 3.05) is 11.9 Å². The number of benzene rings is 2. The number of nitrogens with one attached hydrogen (secondary N) is 2. The van der Waals surface area contributed by atoms with Gasteiger partial charge in [0.05, 0.1) is 5.56 Å². The summed E-state index contributed by atoms with van der Waals surface area (Å²) >= 11 is 0. The highest BCUT2D eigenvalue weighted by Gasteiger charge is 2.17. The third-order valence-electron chi connectivity index (χ3n) is 4.31. The Hall–Kier alpha value is -3.15. The van der Waals surface area contributed by atoms with Crippen LogP contribution in [0.15, 0.2) is 42.5 Å². The second-order valence-electron chi connectivity index (χ2n) is 6.20. The van der Waals surface area contributed by atoms with Gasteiger partial charge in [0.25, 0.3) is 5.91 Å². The fourth-order valence-corrected chi connectivity index (χ4v) is 2.78. The molecule has 6 nitrogen and oxygen atoms in total. The van der Waals surface area contributed by atoms with Crippen molar-refractivity contribution in [1.82, 2.24) is 5.32 Å². The number of anilines is 1. The zero-order valence-electron chi connectivity index (χ0n) is 14.5. The number of esters is 1. The molecular weight excluding hydrogens is 332 g/mol. The molecule has 0 saturated carbocycles. The molecule has 2 aromatic rings. The summed E-state index contributed by atoms with van der Waals surface area (Å²) < 4.78 is 5.08. The van der Waals surface area contributed by atoms with Gasteiger partial charge in [-0.3, -0.25) is 9.59 Å². The molecular formula is C20H20N2O4. The topological polar surface area (TPSA) is 84.5 Å². The lowest BCUT2D eigenvalue weighted by Crippen LogP contribution is -2.28. The SMILES string of the molecule is Cc1ccccc1CNC(=O)COC(=O)c1ccc2c(c1)CCC(=O)N2. The molecule has 1 heterocycles. The molecule has 2 aromatic carbocycles. The van der Waals surface area contributed by atoms with Crippen LogP contribution >= 0.6 is 0 Å². The van der Waals surface area contributed by atoms with E-state index in [-0.39, 0.29) is 18.4 Å². The van der Waals surface area contributed by atoms with Gasteiger partial charge in [0.15, 0.2) is 6.61 Å². The Kier molecular flexibility index (Phi) is 5.31. The summed E-state index contributed by atoms with van der Waals surface area (Å²) in [5.74, 6) is -0.944. The zero-order valence-corrected chi connectivity index (χ0v) is 14.5. The lowest BCUT2D eigenvalue weighted by atomic mass is 10.0. The zero-order chi connectivity index (χ0) is 18.5. The van der Waals surface area contributed by atoms with E-state index in [2.05, 4.69) is 10.6 Å². The molecule has 0 saturated heterocycles. The van der Waals surface area contributed by atoms with Crippen molar-refractivity contribution in [2.24, 2.45) is 0 Å². The molecule has 0 unspecified atom stereocenters. The van der Waals surface area contributed by atoms with Gasteiger partial charge in [-0.2, -0.15) is 0 Å². The first-order valence-electron chi connectivity index (χ1n) is 8.44.